The Kier molecular flexibility index (Phi) is 3.48. The van der Waals surface area contributed by atoms with Gasteiger partial charge in [0, 0.05) is 0 Å². The first kappa shape index (κ1) is 12.2. The maximum absolute atomic E-state index is 10.4. The van der Waals surface area contributed by atoms with Gasteiger partial charge >= 0.3 is 0 Å². The van der Waals surface area contributed by atoms with Crippen molar-refractivity contribution in [3.63, 3.8) is 0 Å². The van der Waals surface area contributed by atoms with E-state index in [1.807, 2.05) is 6.07 Å². The van der Waals surface area contributed by atoms with E-state index in [0.717, 1.165) is 18.4 Å². The molecule has 16 heavy (non-hydrogen) atoms. The Bertz CT molecular complexity index is 384. The summed E-state index contributed by atoms with van der Waals surface area (Å²) in [7, 11) is 0. The summed E-state index contributed by atoms with van der Waals surface area (Å²) in [5.74, 6) is 0. The van der Waals surface area contributed by atoms with E-state index in [2.05, 4.69) is 6.92 Å². The molecule has 1 unspecified atom stereocenters. The van der Waals surface area contributed by atoms with E-state index < -0.39 is 6.10 Å². The lowest BCUT2D eigenvalue weighted by Gasteiger charge is -2.30. The molecule has 0 amide bonds. The largest absolute Gasteiger partial charge is 0.388 e. The van der Waals surface area contributed by atoms with E-state index in [4.69, 9.17) is 23.2 Å². The van der Waals surface area contributed by atoms with Gasteiger partial charge in [-0.25, -0.2) is 0 Å². The molecule has 1 aromatic rings. The number of aliphatic hydroxyl groups is 1. The molecule has 1 nitrogen and oxygen atoms in total. The Morgan fingerprint density at radius 3 is 2.38 bits per heavy atom. The standard InChI is InChI=1S/C13H16Cl2O/c1-13(6-2-3-7-13)12(16)9-4-5-10(14)11(15)8-9/h4-5,8,12,16H,2-3,6-7H2,1H3. The molecule has 0 aromatic heterocycles. The van der Waals surface area contributed by atoms with Crippen LogP contribution in [0.4, 0.5) is 0 Å². The summed E-state index contributed by atoms with van der Waals surface area (Å²) in [5.41, 5.74) is 0.871. The lowest BCUT2D eigenvalue weighted by molar-refractivity contribution is 0.0408. The SMILES string of the molecule is CC1(C(O)c2ccc(Cl)c(Cl)c2)CCCC1. The van der Waals surface area contributed by atoms with Crippen LogP contribution in [-0.2, 0) is 0 Å². The summed E-state index contributed by atoms with van der Waals surface area (Å²) in [5, 5.41) is 11.4. The maximum atomic E-state index is 10.4. The van der Waals surface area contributed by atoms with Crippen LogP contribution in [0, 0.1) is 5.41 Å². The third kappa shape index (κ3) is 2.22. The minimum Gasteiger partial charge on any atom is -0.388 e. The molecule has 88 valence electrons. The summed E-state index contributed by atoms with van der Waals surface area (Å²) in [6.45, 7) is 2.15. The molecular formula is C13H16Cl2O. The van der Waals surface area contributed by atoms with E-state index in [0.29, 0.717) is 10.0 Å². The summed E-state index contributed by atoms with van der Waals surface area (Å²) in [6.07, 6.45) is 4.12. The zero-order valence-corrected chi connectivity index (χ0v) is 10.9. The van der Waals surface area contributed by atoms with Crippen LogP contribution in [0.3, 0.4) is 0 Å². The van der Waals surface area contributed by atoms with E-state index in [1.165, 1.54) is 12.8 Å². The highest BCUT2D eigenvalue weighted by atomic mass is 35.5. The molecule has 1 aromatic carbocycles. The minimum absolute atomic E-state index is 0.00282. The smallest absolute Gasteiger partial charge is 0.0844 e. The quantitative estimate of drug-likeness (QED) is 0.822. The topological polar surface area (TPSA) is 20.2 Å². The van der Waals surface area contributed by atoms with Gasteiger partial charge in [-0.1, -0.05) is 49.0 Å². The van der Waals surface area contributed by atoms with Crippen LogP contribution in [0.1, 0.15) is 44.3 Å². The summed E-state index contributed by atoms with van der Waals surface area (Å²) in [4.78, 5) is 0. The third-order valence-electron chi connectivity index (χ3n) is 3.67. The van der Waals surface area contributed by atoms with Gasteiger partial charge in [0.25, 0.3) is 0 Å². The highest BCUT2D eigenvalue weighted by molar-refractivity contribution is 6.42. The first-order valence-electron chi connectivity index (χ1n) is 5.66. The third-order valence-corrected chi connectivity index (χ3v) is 4.40. The second-order valence-electron chi connectivity index (χ2n) is 4.94. The Labute approximate surface area is 106 Å². The second-order valence-corrected chi connectivity index (χ2v) is 5.75. The van der Waals surface area contributed by atoms with Crippen LogP contribution in [0.25, 0.3) is 0 Å². The van der Waals surface area contributed by atoms with Gasteiger partial charge in [0.05, 0.1) is 16.1 Å². The molecule has 1 aliphatic carbocycles. The number of halogens is 2. The highest BCUT2D eigenvalue weighted by Crippen LogP contribution is 2.47. The van der Waals surface area contributed by atoms with Gasteiger partial charge in [-0.3, -0.25) is 0 Å². The fourth-order valence-electron chi connectivity index (χ4n) is 2.54. The number of hydrogen-bond acceptors (Lipinski definition) is 1. The maximum Gasteiger partial charge on any atom is 0.0844 e. The van der Waals surface area contributed by atoms with Crippen LogP contribution < -0.4 is 0 Å². The molecule has 0 radical (unpaired) electrons. The van der Waals surface area contributed by atoms with E-state index in [-0.39, 0.29) is 5.41 Å². The van der Waals surface area contributed by atoms with Crippen molar-refractivity contribution < 1.29 is 5.11 Å². The molecule has 0 aliphatic heterocycles. The molecule has 0 heterocycles. The molecule has 3 heteroatoms. The zero-order valence-electron chi connectivity index (χ0n) is 9.34. The molecule has 2 rings (SSSR count). The molecule has 1 atom stereocenters. The van der Waals surface area contributed by atoms with Crippen molar-refractivity contribution in [2.45, 2.75) is 38.7 Å². The van der Waals surface area contributed by atoms with E-state index in [9.17, 15) is 5.11 Å². The van der Waals surface area contributed by atoms with Crippen molar-refractivity contribution in [2.75, 3.05) is 0 Å². The van der Waals surface area contributed by atoms with Crippen molar-refractivity contribution in [1.29, 1.82) is 0 Å². The fourth-order valence-corrected chi connectivity index (χ4v) is 2.85. The summed E-state index contributed by atoms with van der Waals surface area (Å²) < 4.78 is 0. The monoisotopic (exact) mass is 258 g/mol. The molecule has 0 saturated heterocycles. The molecule has 0 bridgehead atoms. The molecule has 0 spiro atoms. The molecule has 1 fully saturated rings. The number of aliphatic hydroxyl groups excluding tert-OH is 1. The Morgan fingerprint density at radius 1 is 1.19 bits per heavy atom. The second kappa shape index (κ2) is 4.56. The van der Waals surface area contributed by atoms with Crippen molar-refractivity contribution in [2.24, 2.45) is 5.41 Å². The van der Waals surface area contributed by atoms with Crippen molar-refractivity contribution >= 4 is 23.2 Å². The van der Waals surface area contributed by atoms with Crippen LogP contribution in [0.2, 0.25) is 10.0 Å². The zero-order chi connectivity index (χ0) is 11.8. The minimum atomic E-state index is -0.440. The highest BCUT2D eigenvalue weighted by Gasteiger charge is 2.36. The van der Waals surface area contributed by atoms with E-state index in [1.54, 1.807) is 12.1 Å². The summed E-state index contributed by atoms with van der Waals surface area (Å²) in [6, 6.07) is 5.39. The summed E-state index contributed by atoms with van der Waals surface area (Å²) >= 11 is 11.8. The number of rotatable bonds is 2. The van der Waals surface area contributed by atoms with Gasteiger partial charge in [-0.05, 0) is 36.0 Å². The van der Waals surface area contributed by atoms with Crippen LogP contribution >= 0.6 is 23.2 Å². The predicted molar refractivity (Wildman–Crippen MR) is 68.0 cm³/mol. The lowest BCUT2D eigenvalue weighted by atomic mass is 9.79. The van der Waals surface area contributed by atoms with Crippen LogP contribution in [-0.4, -0.2) is 5.11 Å². The van der Waals surface area contributed by atoms with Gasteiger partial charge in [0.1, 0.15) is 0 Å². The Morgan fingerprint density at radius 2 is 1.81 bits per heavy atom. The van der Waals surface area contributed by atoms with Gasteiger partial charge in [-0.15, -0.1) is 0 Å². The first-order valence-corrected chi connectivity index (χ1v) is 6.41. The van der Waals surface area contributed by atoms with Crippen molar-refractivity contribution in [1.82, 2.24) is 0 Å². The predicted octanol–water partition coefficient (Wildman–Crippen LogP) is 4.61. The average molecular weight is 259 g/mol. The normalized spacial score (nSPS) is 21.0. The molecule has 1 N–H and O–H groups in total. The Balaban J connectivity index is 2.26. The molecular weight excluding hydrogens is 243 g/mol. The van der Waals surface area contributed by atoms with Gasteiger partial charge < -0.3 is 5.11 Å². The fraction of sp³-hybridized carbons (Fsp3) is 0.538. The average Bonchev–Trinajstić information content (AvgIpc) is 2.70. The van der Waals surface area contributed by atoms with Gasteiger partial charge in [0.15, 0.2) is 0 Å². The van der Waals surface area contributed by atoms with Gasteiger partial charge in [-0.2, -0.15) is 0 Å². The van der Waals surface area contributed by atoms with Crippen LogP contribution in [0.5, 0.6) is 0 Å². The van der Waals surface area contributed by atoms with Crippen LogP contribution in [0.15, 0.2) is 18.2 Å². The molecule has 1 saturated carbocycles. The van der Waals surface area contributed by atoms with E-state index >= 15 is 0 Å². The number of hydrogen-bond donors (Lipinski definition) is 1. The van der Waals surface area contributed by atoms with Gasteiger partial charge in [0.2, 0.25) is 0 Å². The Hall–Kier alpha value is -0.240. The first-order chi connectivity index (χ1) is 7.53. The van der Waals surface area contributed by atoms with Crippen molar-refractivity contribution in [3.05, 3.63) is 33.8 Å². The van der Waals surface area contributed by atoms with Crippen molar-refractivity contribution in [3.8, 4) is 0 Å². The number of benzene rings is 1. The molecule has 1 aliphatic rings. The lowest BCUT2D eigenvalue weighted by Crippen LogP contribution is -2.21.